The van der Waals surface area contributed by atoms with Crippen molar-refractivity contribution in [3.8, 4) is 0 Å². The van der Waals surface area contributed by atoms with E-state index in [1.165, 1.54) is 0 Å². The SMILES string of the molecule is C=Cc1[nH]c2ccccc2c1C(/C=C/c1ccccc1)C[N+](=O)[O-]. The molecule has 0 fully saturated rings. The minimum Gasteiger partial charge on any atom is -0.355 e. The number of hydrogen-bond acceptors (Lipinski definition) is 2. The lowest BCUT2D eigenvalue weighted by molar-refractivity contribution is -0.481. The van der Waals surface area contributed by atoms with Crippen molar-refractivity contribution in [3.63, 3.8) is 0 Å². The van der Waals surface area contributed by atoms with E-state index in [2.05, 4.69) is 11.6 Å². The molecule has 4 nitrogen and oxygen atoms in total. The normalized spacial score (nSPS) is 12.5. The summed E-state index contributed by atoms with van der Waals surface area (Å²) in [6.07, 6.45) is 5.56. The van der Waals surface area contributed by atoms with Crippen molar-refractivity contribution in [1.29, 1.82) is 0 Å². The minimum atomic E-state index is -0.329. The van der Waals surface area contributed by atoms with Gasteiger partial charge in [-0.1, -0.05) is 67.3 Å². The summed E-state index contributed by atoms with van der Waals surface area (Å²) in [6, 6.07) is 17.6. The van der Waals surface area contributed by atoms with E-state index in [0.29, 0.717) is 0 Å². The number of benzene rings is 2. The quantitative estimate of drug-likeness (QED) is 0.520. The molecule has 0 bridgehead atoms. The molecule has 0 aliphatic heterocycles. The molecule has 0 aliphatic carbocycles. The second-order valence-corrected chi connectivity index (χ2v) is 5.59. The maximum Gasteiger partial charge on any atom is 0.214 e. The third-order valence-corrected chi connectivity index (χ3v) is 4.02. The van der Waals surface area contributed by atoms with Crippen molar-refractivity contribution in [2.24, 2.45) is 0 Å². The van der Waals surface area contributed by atoms with E-state index in [9.17, 15) is 10.1 Å². The number of H-pyrrole nitrogens is 1. The molecule has 1 atom stereocenters. The van der Waals surface area contributed by atoms with Gasteiger partial charge in [0, 0.05) is 21.5 Å². The second kappa shape index (κ2) is 6.96. The van der Waals surface area contributed by atoms with Gasteiger partial charge in [-0.3, -0.25) is 10.1 Å². The van der Waals surface area contributed by atoms with Crippen molar-refractivity contribution < 1.29 is 4.92 Å². The summed E-state index contributed by atoms with van der Waals surface area (Å²) >= 11 is 0. The Morgan fingerprint density at radius 1 is 1.12 bits per heavy atom. The Labute approximate surface area is 140 Å². The Morgan fingerprint density at radius 3 is 2.54 bits per heavy atom. The molecule has 1 aromatic heterocycles. The van der Waals surface area contributed by atoms with Crippen LogP contribution in [0.15, 0.2) is 67.3 Å². The van der Waals surface area contributed by atoms with Crippen LogP contribution < -0.4 is 0 Å². The molecule has 0 spiro atoms. The van der Waals surface area contributed by atoms with Gasteiger partial charge in [0.25, 0.3) is 0 Å². The number of fused-ring (bicyclic) bond motifs is 1. The lowest BCUT2D eigenvalue weighted by Crippen LogP contribution is -2.11. The van der Waals surface area contributed by atoms with Gasteiger partial charge < -0.3 is 4.98 Å². The van der Waals surface area contributed by atoms with Crippen LogP contribution in [0.2, 0.25) is 0 Å². The highest BCUT2D eigenvalue weighted by Crippen LogP contribution is 2.31. The third-order valence-electron chi connectivity index (χ3n) is 4.02. The standard InChI is InChI=1S/C20H18N2O2/c1-2-18-20(17-10-6-7-11-19(17)21-18)16(14-22(23)24)13-12-15-8-4-3-5-9-15/h2-13,16,21H,1,14H2/b13-12+. The summed E-state index contributed by atoms with van der Waals surface area (Å²) in [5, 5.41) is 12.2. The van der Waals surface area contributed by atoms with Crippen LogP contribution in [0.4, 0.5) is 0 Å². The van der Waals surface area contributed by atoms with E-state index in [0.717, 1.165) is 27.7 Å². The van der Waals surface area contributed by atoms with E-state index in [4.69, 9.17) is 0 Å². The van der Waals surface area contributed by atoms with E-state index in [1.807, 2.05) is 66.7 Å². The highest BCUT2D eigenvalue weighted by molar-refractivity contribution is 5.88. The van der Waals surface area contributed by atoms with Crippen LogP contribution in [-0.4, -0.2) is 16.5 Å². The predicted molar refractivity (Wildman–Crippen MR) is 98.5 cm³/mol. The van der Waals surface area contributed by atoms with Gasteiger partial charge in [0.1, 0.15) is 0 Å². The van der Waals surface area contributed by atoms with E-state index < -0.39 is 0 Å². The Balaban J connectivity index is 2.07. The molecule has 1 heterocycles. The maximum absolute atomic E-state index is 11.2. The first kappa shape index (κ1) is 15.7. The van der Waals surface area contributed by atoms with Crippen molar-refractivity contribution in [2.45, 2.75) is 5.92 Å². The number of para-hydroxylation sites is 1. The molecular formula is C20H18N2O2. The van der Waals surface area contributed by atoms with Crippen LogP contribution in [0.5, 0.6) is 0 Å². The van der Waals surface area contributed by atoms with Gasteiger partial charge in [-0.15, -0.1) is 0 Å². The summed E-state index contributed by atoms with van der Waals surface area (Å²) in [5.41, 5.74) is 3.74. The number of aromatic amines is 1. The predicted octanol–water partition coefficient (Wildman–Crippen LogP) is 4.88. The fourth-order valence-corrected chi connectivity index (χ4v) is 2.95. The minimum absolute atomic E-state index is 0.161. The zero-order valence-corrected chi connectivity index (χ0v) is 13.2. The molecule has 0 saturated heterocycles. The summed E-state index contributed by atoms with van der Waals surface area (Å²) in [5.74, 6) is -0.329. The Kier molecular flexibility index (Phi) is 4.57. The van der Waals surface area contributed by atoms with E-state index in [1.54, 1.807) is 6.08 Å². The third kappa shape index (κ3) is 3.27. The van der Waals surface area contributed by atoms with Crippen molar-refractivity contribution in [2.75, 3.05) is 6.54 Å². The van der Waals surface area contributed by atoms with Crippen LogP contribution >= 0.6 is 0 Å². The molecule has 120 valence electrons. The molecule has 4 heteroatoms. The van der Waals surface area contributed by atoms with Gasteiger partial charge in [0.05, 0.1) is 5.92 Å². The second-order valence-electron chi connectivity index (χ2n) is 5.59. The van der Waals surface area contributed by atoms with Gasteiger partial charge in [0.2, 0.25) is 6.54 Å². The summed E-state index contributed by atoms with van der Waals surface area (Å²) in [7, 11) is 0. The number of hydrogen-bond donors (Lipinski definition) is 1. The number of nitrogens with one attached hydrogen (secondary N) is 1. The lowest BCUT2D eigenvalue weighted by atomic mass is 9.94. The first-order valence-corrected chi connectivity index (χ1v) is 7.77. The average Bonchev–Trinajstić information content (AvgIpc) is 2.98. The van der Waals surface area contributed by atoms with Gasteiger partial charge in [-0.2, -0.15) is 0 Å². The van der Waals surface area contributed by atoms with Gasteiger partial charge in [-0.05, 0) is 23.3 Å². The Hall–Kier alpha value is -3.14. The molecule has 0 radical (unpaired) electrons. The van der Waals surface area contributed by atoms with Crippen LogP contribution in [-0.2, 0) is 0 Å². The summed E-state index contributed by atoms with van der Waals surface area (Å²) in [6.45, 7) is 3.68. The maximum atomic E-state index is 11.2. The topological polar surface area (TPSA) is 58.9 Å². The zero-order chi connectivity index (χ0) is 16.9. The molecule has 0 saturated carbocycles. The Bertz CT molecular complexity index is 894. The molecule has 3 rings (SSSR count). The number of nitrogens with zero attached hydrogens (tertiary/aromatic N) is 1. The molecule has 0 aliphatic rings. The average molecular weight is 318 g/mol. The van der Waals surface area contributed by atoms with Crippen LogP contribution in [0.3, 0.4) is 0 Å². The monoisotopic (exact) mass is 318 g/mol. The number of aromatic nitrogens is 1. The highest BCUT2D eigenvalue weighted by Gasteiger charge is 2.21. The summed E-state index contributed by atoms with van der Waals surface area (Å²) < 4.78 is 0. The number of rotatable bonds is 6. The van der Waals surface area contributed by atoms with Gasteiger partial charge >= 0.3 is 0 Å². The molecule has 1 N–H and O–H groups in total. The largest absolute Gasteiger partial charge is 0.355 e. The van der Waals surface area contributed by atoms with Crippen LogP contribution in [0.1, 0.15) is 22.7 Å². The smallest absolute Gasteiger partial charge is 0.214 e. The van der Waals surface area contributed by atoms with Gasteiger partial charge in [0.15, 0.2) is 0 Å². The van der Waals surface area contributed by atoms with Gasteiger partial charge in [-0.25, -0.2) is 0 Å². The molecule has 3 aromatic rings. The fraction of sp³-hybridized carbons (Fsp3) is 0.100. The zero-order valence-electron chi connectivity index (χ0n) is 13.2. The highest BCUT2D eigenvalue weighted by atomic mass is 16.6. The molecule has 1 unspecified atom stereocenters. The fourth-order valence-electron chi connectivity index (χ4n) is 2.95. The molecule has 2 aromatic carbocycles. The summed E-state index contributed by atoms with van der Waals surface area (Å²) in [4.78, 5) is 14.2. The van der Waals surface area contributed by atoms with Crippen LogP contribution in [0, 0.1) is 10.1 Å². The lowest BCUT2D eigenvalue weighted by Gasteiger charge is -2.09. The number of nitro groups is 1. The molecule has 24 heavy (non-hydrogen) atoms. The first-order chi connectivity index (χ1) is 11.7. The molecular weight excluding hydrogens is 300 g/mol. The van der Waals surface area contributed by atoms with Crippen molar-refractivity contribution >= 4 is 23.1 Å². The van der Waals surface area contributed by atoms with Crippen LogP contribution in [0.25, 0.3) is 23.1 Å². The molecule has 0 amide bonds. The van der Waals surface area contributed by atoms with E-state index >= 15 is 0 Å². The van der Waals surface area contributed by atoms with Crippen molar-refractivity contribution in [1.82, 2.24) is 4.98 Å². The first-order valence-electron chi connectivity index (χ1n) is 7.77. The van der Waals surface area contributed by atoms with Crippen molar-refractivity contribution in [3.05, 3.63) is 94.2 Å². The van der Waals surface area contributed by atoms with E-state index in [-0.39, 0.29) is 17.4 Å². The Morgan fingerprint density at radius 2 is 1.83 bits per heavy atom.